The summed E-state index contributed by atoms with van der Waals surface area (Å²) in [6, 6.07) is 11.9. The van der Waals surface area contributed by atoms with Crippen LogP contribution in [-0.2, 0) is 20.0 Å². The van der Waals surface area contributed by atoms with Crippen LogP contribution in [0, 0.1) is 0 Å². The molecule has 0 aliphatic heterocycles. The molecule has 3 N–H and O–H groups in total. The molecule has 0 bridgehead atoms. The molecule has 0 spiro atoms. The number of nitrogens with one attached hydrogen (secondary N) is 1. The van der Waals surface area contributed by atoms with Crippen molar-refractivity contribution < 1.29 is 16.8 Å². The summed E-state index contributed by atoms with van der Waals surface area (Å²) >= 11 is 0. The van der Waals surface area contributed by atoms with E-state index in [0.29, 0.717) is 11.6 Å². The first-order valence-electron chi connectivity index (χ1n) is 7.39. The van der Waals surface area contributed by atoms with Gasteiger partial charge in [0, 0.05) is 5.69 Å². The normalized spacial score (nSPS) is 13.5. The summed E-state index contributed by atoms with van der Waals surface area (Å²) in [4.78, 5) is -0.180. The predicted molar refractivity (Wildman–Crippen MR) is 93.8 cm³/mol. The second kappa shape index (κ2) is 6.92. The Morgan fingerprint density at radius 1 is 0.917 bits per heavy atom. The molecule has 0 aromatic heterocycles. The molecule has 6 nitrogen and oxygen atoms in total. The maximum atomic E-state index is 12.3. The van der Waals surface area contributed by atoms with E-state index in [0.717, 1.165) is 24.1 Å². The monoisotopic (exact) mass is 368 g/mol. The maximum Gasteiger partial charge on any atom is 0.261 e. The van der Waals surface area contributed by atoms with Crippen LogP contribution in [0.15, 0.2) is 58.3 Å². The lowest BCUT2D eigenvalue weighted by Gasteiger charge is -2.12. The zero-order valence-corrected chi connectivity index (χ0v) is 15.1. The van der Waals surface area contributed by atoms with Crippen molar-refractivity contribution in [2.24, 2.45) is 5.14 Å². The number of anilines is 1. The molecule has 0 saturated carbocycles. The molecule has 130 valence electrons. The van der Waals surface area contributed by atoms with Gasteiger partial charge < -0.3 is 0 Å². The van der Waals surface area contributed by atoms with Gasteiger partial charge in [0.05, 0.1) is 9.79 Å². The fraction of sp³-hybridized carbons (Fsp3) is 0.250. The average molecular weight is 368 g/mol. The molecule has 0 saturated heterocycles. The summed E-state index contributed by atoms with van der Waals surface area (Å²) in [5.74, 6) is 0.404. The first-order valence-corrected chi connectivity index (χ1v) is 10.4. The van der Waals surface area contributed by atoms with Gasteiger partial charge in [-0.3, -0.25) is 4.72 Å². The van der Waals surface area contributed by atoms with E-state index >= 15 is 0 Å². The van der Waals surface area contributed by atoms with E-state index < -0.39 is 20.0 Å². The molecular weight excluding hydrogens is 348 g/mol. The lowest BCUT2D eigenvalue weighted by molar-refractivity contribution is 0.595. The fourth-order valence-electron chi connectivity index (χ4n) is 2.14. The third kappa shape index (κ3) is 4.34. The molecule has 0 fully saturated rings. The zero-order chi connectivity index (χ0) is 18.0. The van der Waals surface area contributed by atoms with Gasteiger partial charge in [-0.05, 0) is 54.3 Å². The van der Waals surface area contributed by atoms with Crippen LogP contribution in [0.4, 0.5) is 5.69 Å². The van der Waals surface area contributed by atoms with E-state index in [1.807, 2.05) is 12.1 Å². The van der Waals surface area contributed by atoms with E-state index in [4.69, 9.17) is 5.14 Å². The minimum absolute atomic E-state index is 0.0408. The molecule has 24 heavy (non-hydrogen) atoms. The van der Waals surface area contributed by atoms with Crippen molar-refractivity contribution in [3.8, 4) is 0 Å². The van der Waals surface area contributed by atoms with Gasteiger partial charge in [-0.1, -0.05) is 26.0 Å². The number of sulfonamides is 2. The summed E-state index contributed by atoms with van der Waals surface area (Å²) in [7, 11) is -7.65. The highest BCUT2D eigenvalue weighted by Crippen LogP contribution is 2.22. The van der Waals surface area contributed by atoms with E-state index in [1.54, 1.807) is 12.1 Å². The Balaban J connectivity index is 2.22. The van der Waals surface area contributed by atoms with Crippen molar-refractivity contribution in [1.29, 1.82) is 0 Å². The SMILES string of the molecule is CC[C@@H](C)c1ccc(NS(=O)(=O)c2ccc(S(N)(=O)=O)cc2)cc1. The van der Waals surface area contributed by atoms with Crippen LogP contribution in [0.3, 0.4) is 0 Å². The number of hydrogen-bond acceptors (Lipinski definition) is 4. The average Bonchev–Trinajstić information content (AvgIpc) is 2.54. The summed E-state index contributed by atoms with van der Waals surface area (Å²) in [5.41, 5.74) is 1.58. The highest BCUT2D eigenvalue weighted by atomic mass is 32.2. The Morgan fingerprint density at radius 3 is 1.88 bits per heavy atom. The van der Waals surface area contributed by atoms with Gasteiger partial charge in [-0.2, -0.15) is 0 Å². The summed E-state index contributed by atoms with van der Waals surface area (Å²) < 4.78 is 49.6. The molecular formula is C16H20N2O4S2. The Labute approximate surface area is 142 Å². The summed E-state index contributed by atoms with van der Waals surface area (Å²) in [5, 5.41) is 5.00. The molecule has 2 aromatic rings. The third-order valence-corrected chi connectivity index (χ3v) is 6.13. The lowest BCUT2D eigenvalue weighted by Crippen LogP contribution is -2.15. The van der Waals surface area contributed by atoms with Crippen LogP contribution >= 0.6 is 0 Å². The number of benzene rings is 2. The van der Waals surface area contributed by atoms with Crippen LogP contribution < -0.4 is 9.86 Å². The number of primary sulfonamides is 1. The van der Waals surface area contributed by atoms with Crippen molar-refractivity contribution >= 4 is 25.7 Å². The van der Waals surface area contributed by atoms with Crippen LogP contribution in [0.25, 0.3) is 0 Å². The predicted octanol–water partition coefficient (Wildman–Crippen LogP) is 2.65. The van der Waals surface area contributed by atoms with Crippen LogP contribution in [0.5, 0.6) is 0 Å². The molecule has 1 atom stereocenters. The van der Waals surface area contributed by atoms with E-state index in [9.17, 15) is 16.8 Å². The van der Waals surface area contributed by atoms with Crippen LogP contribution in [0.2, 0.25) is 0 Å². The molecule has 0 unspecified atom stereocenters. The van der Waals surface area contributed by atoms with Crippen molar-refractivity contribution in [3.05, 3.63) is 54.1 Å². The minimum Gasteiger partial charge on any atom is -0.280 e. The van der Waals surface area contributed by atoms with Crippen LogP contribution in [-0.4, -0.2) is 16.8 Å². The standard InChI is InChI=1S/C16H20N2O4S2/c1-3-12(2)13-4-6-14(7-5-13)18-24(21,22)16-10-8-15(9-11-16)23(17,19)20/h4-12,18H,3H2,1-2H3,(H2,17,19,20)/t12-/m1/s1. The van der Waals surface area contributed by atoms with E-state index in [2.05, 4.69) is 18.6 Å². The third-order valence-electron chi connectivity index (χ3n) is 3.81. The minimum atomic E-state index is -3.85. The molecule has 2 rings (SSSR count). The van der Waals surface area contributed by atoms with Gasteiger partial charge in [0.25, 0.3) is 10.0 Å². The Morgan fingerprint density at radius 2 is 1.42 bits per heavy atom. The van der Waals surface area contributed by atoms with Crippen molar-refractivity contribution in [2.45, 2.75) is 36.0 Å². The highest BCUT2D eigenvalue weighted by molar-refractivity contribution is 7.92. The fourth-order valence-corrected chi connectivity index (χ4v) is 3.71. The number of rotatable bonds is 6. The van der Waals surface area contributed by atoms with E-state index in [-0.39, 0.29) is 9.79 Å². The van der Waals surface area contributed by atoms with Crippen molar-refractivity contribution in [3.63, 3.8) is 0 Å². The Kier molecular flexibility index (Phi) is 5.32. The highest BCUT2D eigenvalue weighted by Gasteiger charge is 2.16. The number of nitrogens with two attached hydrogens (primary N) is 1. The van der Waals surface area contributed by atoms with Gasteiger partial charge in [-0.25, -0.2) is 22.0 Å². The second-order valence-corrected chi connectivity index (χ2v) is 8.80. The van der Waals surface area contributed by atoms with Gasteiger partial charge >= 0.3 is 0 Å². The second-order valence-electron chi connectivity index (χ2n) is 5.55. The molecule has 0 radical (unpaired) electrons. The van der Waals surface area contributed by atoms with Gasteiger partial charge in [-0.15, -0.1) is 0 Å². The first kappa shape index (κ1) is 18.4. The molecule has 0 aliphatic carbocycles. The van der Waals surface area contributed by atoms with E-state index in [1.165, 1.54) is 12.1 Å². The molecule has 2 aromatic carbocycles. The topological polar surface area (TPSA) is 106 Å². The molecule has 0 aliphatic rings. The quantitative estimate of drug-likeness (QED) is 0.817. The molecule has 0 amide bonds. The van der Waals surface area contributed by atoms with Gasteiger partial charge in [0.2, 0.25) is 10.0 Å². The van der Waals surface area contributed by atoms with Gasteiger partial charge in [0.15, 0.2) is 0 Å². The van der Waals surface area contributed by atoms with Crippen molar-refractivity contribution in [1.82, 2.24) is 0 Å². The molecule has 8 heteroatoms. The smallest absolute Gasteiger partial charge is 0.261 e. The van der Waals surface area contributed by atoms with Crippen molar-refractivity contribution in [2.75, 3.05) is 4.72 Å². The lowest BCUT2D eigenvalue weighted by atomic mass is 9.99. The van der Waals surface area contributed by atoms with Gasteiger partial charge in [0.1, 0.15) is 0 Å². The Bertz CT molecular complexity index is 904. The largest absolute Gasteiger partial charge is 0.280 e. The first-order chi connectivity index (χ1) is 11.1. The maximum absolute atomic E-state index is 12.3. The summed E-state index contributed by atoms with van der Waals surface area (Å²) in [6.07, 6.45) is 1.00. The Hall–Kier alpha value is -1.90. The number of hydrogen-bond donors (Lipinski definition) is 2. The zero-order valence-electron chi connectivity index (χ0n) is 13.4. The van der Waals surface area contributed by atoms with Crippen LogP contribution in [0.1, 0.15) is 31.7 Å². The summed E-state index contributed by atoms with van der Waals surface area (Å²) in [6.45, 7) is 4.19. The molecule has 0 heterocycles.